The molecule has 0 saturated heterocycles. The van der Waals surface area contributed by atoms with Crippen LogP contribution in [0.2, 0.25) is 0 Å². The van der Waals surface area contributed by atoms with Crippen molar-refractivity contribution >= 4 is 27.9 Å². The predicted octanol–water partition coefficient (Wildman–Crippen LogP) is 2.33. The van der Waals surface area contributed by atoms with Crippen LogP contribution in [0.5, 0.6) is 0 Å². The first-order valence-electron chi connectivity index (χ1n) is 6.30. The second-order valence-electron chi connectivity index (χ2n) is 4.22. The zero-order valence-corrected chi connectivity index (χ0v) is 12.4. The predicted molar refractivity (Wildman–Crippen MR) is 80.9 cm³/mol. The van der Waals surface area contributed by atoms with E-state index < -0.39 is 0 Å². The number of hydrogen-bond acceptors (Lipinski definition) is 3. The van der Waals surface area contributed by atoms with Crippen LogP contribution in [-0.2, 0) is 11.2 Å². The number of amides is 1. The number of H-pyrrole nitrogens is 1. The molecule has 0 saturated carbocycles. The first kappa shape index (κ1) is 14.5. The fourth-order valence-electron chi connectivity index (χ4n) is 1.66. The lowest BCUT2D eigenvalue weighted by atomic mass is 10.2. The van der Waals surface area contributed by atoms with Gasteiger partial charge in [-0.2, -0.15) is 5.10 Å². The minimum Gasteiger partial charge on any atom is -0.353 e. The molecule has 2 N–H and O–H groups in total. The van der Waals surface area contributed by atoms with Crippen molar-refractivity contribution in [2.24, 2.45) is 0 Å². The number of carbonyl (C=O) groups excluding carboxylic acids is 1. The zero-order valence-electron chi connectivity index (χ0n) is 10.8. The Morgan fingerprint density at radius 1 is 1.45 bits per heavy atom. The Hall–Kier alpha value is -1.95. The molecule has 0 aliphatic rings. The van der Waals surface area contributed by atoms with Gasteiger partial charge in [0.05, 0.1) is 0 Å². The Morgan fingerprint density at radius 3 is 3.10 bits per heavy atom. The van der Waals surface area contributed by atoms with Crippen molar-refractivity contribution in [2.75, 3.05) is 6.54 Å². The SMILES string of the molecule is O=C(C=Cc1cccc(Br)c1)NCCCc1ncn[nH]1. The van der Waals surface area contributed by atoms with Gasteiger partial charge in [0.15, 0.2) is 0 Å². The average Bonchev–Trinajstić information content (AvgIpc) is 2.95. The highest BCUT2D eigenvalue weighted by Gasteiger charge is 1.98. The topological polar surface area (TPSA) is 70.7 Å². The minimum atomic E-state index is -0.0949. The number of benzene rings is 1. The third kappa shape index (κ3) is 4.97. The van der Waals surface area contributed by atoms with Crippen LogP contribution < -0.4 is 5.32 Å². The van der Waals surface area contributed by atoms with Gasteiger partial charge in [-0.1, -0.05) is 28.1 Å². The molecule has 1 aromatic carbocycles. The molecule has 5 nitrogen and oxygen atoms in total. The lowest BCUT2D eigenvalue weighted by Crippen LogP contribution is -2.22. The zero-order chi connectivity index (χ0) is 14.2. The highest BCUT2D eigenvalue weighted by molar-refractivity contribution is 9.10. The Balaban J connectivity index is 1.70. The summed E-state index contributed by atoms with van der Waals surface area (Å²) in [6.45, 7) is 0.613. The van der Waals surface area contributed by atoms with Crippen LogP contribution in [-0.4, -0.2) is 27.6 Å². The Labute approximate surface area is 125 Å². The average molecular weight is 335 g/mol. The number of nitrogens with zero attached hydrogens (tertiary/aromatic N) is 2. The van der Waals surface area contributed by atoms with Gasteiger partial charge in [0.1, 0.15) is 12.2 Å². The molecule has 0 aliphatic carbocycles. The summed E-state index contributed by atoms with van der Waals surface area (Å²) in [5.74, 6) is 0.742. The van der Waals surface area contributed by atoms with Gasteiger partial charge in [-0.3, -0.25) is 9.89 Å². The fraction of sp³-hybridized carbons (Fsp3) is 0.214. The molecule has 0 radical (unpaired) electrons. The van der Waals surface area contributed by atoms with E-state index in [4.69, 9.17) is 0 Å². The monoisotopic (exact) mass is 334 g/mol. The Kier molecular flexibility index (Phi) is 5.49. The summed E-state index contributed by atoms with van der Waals surface area (Å²) < 4.78 is 0.993. The Bertz CT molecular complexity index is 581. The number of aromatic nitrogens is 3. The molecule has 2 rings (SSSR count). The molecular weight excluding hydrogens is 320 g/mol. The molecule has 0 unspecified atom stereocenters. The van der Waals surface area contributed by atoms with Crippen molar-refractivity contribution in [3.8, 4) is 0 Å². The van der Waals surface area contributed by atoms with Gasteiger partial charge >= 0.3 is 0 Å². The van der Waals surface area contributed by atoms with E-state index in [9.17, 15) is 4.79 Å². The molecule has 0 bridgehead atoms. The van der Waals surface area contributed by atoms with Crippen LogP contribution in [0.3, 0.4) is 0 Å². The van der Waals surface area contributed by atoms with Crippen molar-refractivity contribution in [2.45, 2.75) is 12.8 Å². The van der Waals surface area contributed by atoms with Gasteiger partial charge in [0.25, 0.3) is 0 Å². The first-order chi connectivity index (χ1) is 9.74. The quantitative estimate of drug-likeness (QED) is 0.629. The summed E-state index contributed by atoms with van der Waals surface area (Å²) in [7, 11) is 0. The third-order valence-corrected chi connectivity index (χ3v) is 3.12. The number of aryl methyl sites for hydroxylation is 1. The van der Waals surface area contributed by atoms with Gasteiger partial charge in [0.2, 0.25) is 5.91 Å². The normalized spacial score (nSPS) is 10.8. The number of carbonyl (C=O) groups is 1. The molecule has 0 atom stereocenters. The third-order valence-electron chi connectivity index (χ3n) is 2.63. The van der Waals surface area contributed by atoms with Gasteiger partial charge < -0.3 is 5.32 Å². The molecule has 2 aromatic rings. The summed E-state index contributed by atoms with van der Waals surface area (Å²) in [6, 6.07) is 7.77. The summed E-state index contributed by atoms with van der Waals surface area (Å²) in [5, 5.41) is 9.38. The van der Waals surface area contributed by atoms with E-state index in [-0.39, 0.29) is 5.91 Å². The second kappa shape index (κ2) is 7.59. The van der Waals surface area contributed by atoms with Crippen molar-refractivity contribution in [3.63, 3.8) is 0 Å². The van der Waals surface area contributed by atoms with Crippen LogP contribution in [0.25, 0.3) is 6.08 Å². The first-order valence-corrected chi connectivity index (χ1v) is 7.09. The minimum absolute atomic E-state index is 0.0949. The maximum absolute atomic E-state index is 11.6. The van der Waals surface area contributed by atoms with Crippen molar-refractivity contribution in [1.82, 2.24) is 20.5 Å². The summed E-state index contributed by atoms with van der Waals surface area (Å²) in [6.07, 6.45) is 6.41. The van der Waals surface area contributed by atoms with Gasteiger partial charge in [-0.05, 0) is 30.2 Å². The van der Waals surface area contributed by atoms with Gasteiger partial charge in [0, 0.05) is 23.5 Å². The maximum Gasteiger partial charge on any atom is 0.243 e. The molecule has 0 fully saturated rings. The number of aromatic amines is 1. The summed E-state index contributed by atoms with van der Waals surface area (Å²) in [4.78, 5) is 15.6. The largest absolute Gasteiger partial charge is 0.353 e. The molecule has 1 aromatic heterocycles. The number of hydrogen-bond donors (Lipinski definition) is 2. The smallest absolute Gasteiger partial charge is 0.243 e. The standard InChI is InChI=1S/C14H15BrN4O/c15-12-4-1-3-11(9-12)6-7-14(20)16-8-2-5-13-17-10-18-19-13/h1,3-4,6-7,9-10H,2,5,8H2,(H,16,20)(H,17,18,19). The molecular formula is C14H15BrN4O. The lowest BCUT2D eigenvalue weighted by molar-refractivity contribution is -0.116. The molecule has 1 amide bonds. The fourth-order valence-corrected chi connectivity index (χ4v) is 2.08. The highest BCUT2D eigenvalue weighted by atomic mass is 79.9. The number of halogens is 1. The van der Waals surface area contributed by atoms with Crippen LogP contribution in [0.1, 0.15) is 17.8 Å². The lowest BCUT2D eigenvalue weighted by Gasteiger charge is -2.00. The van der Waals surface area contributed by atoms with Gasteiger partial charge in [-0.15, -0.1) is 0 Å². The second-order valence-corrected chi connectivity index (χ2v) is 5.13. The molecule has 104 valence electrons. The van der Waals surface area contributed by atoms with Gasteiger partial charge in [-0.25, -0.2) is 4.98 Å². The molecule has 20 heavy (non-hydrogen) atoms. The number of nitrogens with one attached hydrogen (secondary N) is 2. The van der Waals surface area contributed by atoms with E-state index >= 15 is 0 Å². The van der Waals surface area contributed by atoms with Crippen LogP contribution >= 0.6 is 15.9 Å². The molecule has 6 heteroatoms. The van der Waals surface area contributed by atoms with E-state index in [1.807, 2.05) is 24.3 Å². The summed E-state index contributed by atoms with van der Waals surface area (Å²) >= 11 is 3.39. The highest BCUT2D eigenvalue weighted by Crippen LogP contribution is 2.12. The Morgan fingerprint density at radius 2 is 2.35 bits per heavy atom. The van der Waals surface area contributed by atoms with Crippen LogP contribution in [0, 0.1) is 0 Å². The molecule has 1 heterocycles. The van der Waals surface area contributed by atoms with E-state index in [0.29, 0.717) is 6.54 Å². The van der Waals surface area contributed by atoms with E-state index in [0.717, 1.165) is 28.7 Å². The molecule has 0 spiro atoms. The maximum atomic E-state index is 11.6. The van der Waals surface area contributed by atoms with E-state index in [1.165, 1.54) is 12.4 Å². The van der Waals surface area contributed by atoms with Crippen molar-refractivity contribution in [1.29, 1.82) is 0 Å². The van der Waals surface area contributed by atoms with E-state index in [2.05, 4.69) is 36.4 Å². The van der Waals surface area contributed by atoms with E-state index in [1.54, 1.807) is 6.08 Å². The summed E-state index contributed by atoms with van der Waals surface area (Å²) in [5.41, 5.74) is 0.983. The molecule has 0 aliphatic heterocycles. The van der Waals surface area contributed by atoms with Crippen LogP contribution in [0.4, 0.5) is 0 Å². The van der Waals surface area contributed by atoms with Crippen molar-refractivity contribution < 1.29 is 4.79 Å². The van der Waals surface area contributed by atoms with Crippen molar-refractivity contribution in [3.05, 3.63) is 52.5 Å². The number of rotatable bonds is 6. The van der Waals surface area contributed by atoms with Crippen LogP contribution in [0.15, 0.2) is 41.1 Å².